The van der Waals surface area contributed by atoms with E-state index in [1.54, 1.807) is 0 Å². The highest BCUT2D eigenvalue weighted by molar-refractivity contribution is 4.77. The number of hydrogen-bond acceptors (Lipinski definition) is 4. The van der Waals surface area contributed by atoms with Crippen molar-refractivity contribution in [2.45, 2.75) is 32.1 Å². The molecule has 14 heavy (non-hydrogen) atoms. The van der Waals surface area contributed by atoms with E-state index in [2.05, 4.69) is 0 Å². The first kappa shape index (κ1) is 13.8. The van der Waals surface area contributed by atoms with E-state index in [9.17, 15) is 0 Å². The molecule has 86 valence electrons. The summed E-state index contributed by atoms with van der Waals surface area (Å²) in [6.45, 7) is -0.0151. The maximum atomic E-state index is 9.14. The third-order valence-corrected chi connectivity index (χ3v) is 2.68. The van der Waals surface area contributed by atoms with E-state index in [4.69, 9.17) is 20.4 Å². The summed E-state index contributed by atoms with van der Waals surface area (Å²) >= 11 is 0. The van der Waals surface area contributed by atoms with Crippen LogP contribution in [0, 0.1) is 5.41 Å². The molecule has 0 aliphatic rings. The van der Waals surface area contributed by atoms with Crippen molar-refractivity contribution in [3.63, 3.8) is 0 Å². The lowest BCUT2D eigenvalue weighted by molar-refractivity contribution is 0.0235. The molecule has 0 aromatic carbocycles. The fourth-order valence-electron chi connectivity index (χ4n) is 1.52. The van der Waals surface area contributed by atoms with Gasteiger partial charge in [0.15, 0.2) is 0 Å². The second kappa shape index (κ2) is 8.17. The van der Waals surface area contributed by atoms with Crippen molar-refractivity contribution in [3.8, 4) is 0 Å². The molecule has 0 bridgehead atoms. The number of unbranched alkanes of at least 4 members (excludes halogenated alkanes) is 2. The molecule has 0 aromatic rings. The van der Waals surface area contributed by atoms with Crippen molar-refractivity contribution >= 4 is 0 Å². The summed E-state index contributed by atoms with van der Waals surface area (Å²) in [5, 5.41) is 35.7. The fraction of sp³-hybridized carbons (Fsp3) is 1.00. The van der Waals surface area contributed by atoms with Gasteiger partial charge in [0.2, 0.25) is 0 Å². The quantitative estimate of drug-likeness (QED) is 0.397. The van der Waals surface area contributed by atoms with E-state index in [1.807, 2.05) is 0 Å². The van der Waals surface area contributed by atoms with Crippen LogP contribution in [0.2, 0.25) is 0 Å². The average molecular weight is 206 g/mol. The Morgan fingerprint density at radius 3 is 1.71 bits per heavy atom. The van der Waals surface area contributed by atoms with Crippen molar-refractivity contribution in [3.05, 3.63) is 0 Å². The summed E-state index contributed by atoms with van der Waals surface area (Å²) < 4.78 is 0. The SMILES string of the molecule is OCCCCCC(CO)(CO)CCO. The van der Waals surface area contributed by atoms with Gasteiger partial charge in [0.25, 0.3) is 0 Å². The minimum absolute atomic E-state index is 0.0128. The summed E-state index contributed by atoms with van der Waals surface area (Å²) in [6.07, 6.45) is 3.64. The number of hydrogen-bond donors (Lipinski definition) is 4. The molecule has 0 fully saturated rings. The summed E-state index contributed by atoms with van der Waals surface area (Å²) in [7, 11) is 0. The Balaban J connectivity index is 3.82. The van der Waals surface area contributed by atoms with Crippen LogP contribution in [0.25, 0.3) is 0 Å². The van der Waals surface area contributed by atoms with E-state index in [1.165, 1.54) is 0 Å². The van der Waals surface area contributed by atoms with Gasteiger partial charge in [-0.15, -0.1) is 0 Å². The molecule has 0 saturated carbocycles. The van der Waals surface area contributed by atoms with Gasteiger partial charge in [0.1, 0.15) is 0 Å². The largest absolute Gasteiger partial charge is 0.396 e. The summed E-state index contributed by atoms with van der Waals surface area (Å²) in [4.78, 5) is 0. The molecule has 0 unspecified atom stereocenters. The predicted molar refractivity (Wildman–Crippen MR) is 53.9 cm³/mol. The van der Waals surface area contributed by atoms with Crippen molar-refractivity contribution < 1.29 is 20.4 Å². The maximum absolute atomic E-state index is 9.14. The van der Waals surface area contributed by atoms with Crippen LogP contribution in [0.3, 0.4) is 0 Å². The van der Waals surface area contributed by atoms with Crippen molar-refractivity contribution in [2.24, 2.45) is 5.41 Å². The number of rotatable bonds is 9. The van der Waals surface area contributed by atoms with E-state index < -0.39 is 5.41 Å². The van der Waals surface area contributed by atoms with E-state index >= 15 is 0 Å². The highest BCUT2D eigenvalue weighted by Gasteiger charge is 2.27. The Hall–Kier alpha value is -0.160. The highest BCUT2D eigenvalue weighted by Crippen LogP contribution is 2.27. The number of aliphatic hydroxyl groups excluding tert-OH is 4. The standard InChI is InChI=1S/C10H22O4/c11-6-3-1-2-4-10(8-13,9-14)5-7-12/h11-14H,1-9H2. The second-order valence-electron chi connectivity index (χ2n) is 3.82. The van der Waals surface area contributed by atoms with Crippen LogP contribution in [0.4, 0.5) is 0 Å². The molecular weight excluding hydrogens is 184 g/mol. The van der Waals surface area contributed by atoms with Crippen LogP contribution in [0.15, 0.2) is 0 Å². The lowest BCUT2D eigenvalue weighted by Crippen LogP contribution is -2.31. The molecule has 0 aliphatic carbocycles. The summed E-state index contributed by atoms with van der Waals surface area (Å²) in [5.74, 6) is 0. The third-order valence-electron chi connectivity index (χ3n) is 2.68. The molecule has 0 rings (SSSR count). The maximum Gasteiger partial charge on any atom is 0.0510 e. The molecule has 0 spiro atoms. The van der Waals surface area contributed by atoms with E-state index in [0.29, 0.717) is 12.8 Å². The lowest BCUT2D eigenvalue weighted by atomic mass is 9.81. The minimum Gasteiger partial charge on any atom is -0.396 e. The summed E-state index contributed by atoms with van der Waals surface area (Å²) in [6, 6.07) is 0. The van der Waals surface area contributed by atoms with Crippen LogP contribution in [0.5, 0.6) is 0 Å². The van der Waals surface area contributed by atoms with Gasteiger partial charge in [0, 0.05) is 18.6 Å². The zero-order valence-corrected chi connectivity index (χ0v) is 8.65. The average Bonchev–Trinajstić information content (AvgIpc) is 2.23. The van der Waals surface area contributed by atoms with Crippen molar-refractivity contribution in [2.75, 3.05) is 26.4 Å². The predicted octanol–water partition coefficient (Wildman–Crippen LogP) is -0.108. The zero-order valence-electron chi connectivity index (χ0n) is 8.65. The molecule has 4 N–H and O–H groups in total. The van der Waals surface area contributed by atoms with E-state index in [-0.39, 0.29) is 26.4 Å². The Kier molecular flexibility index (Phi) is 8.08. The van der Waals surface area contributed by atoms with Gasteiger partial charge in [0.05, 0.1) is 13.2 Å². The molecule has 0 aromatic heterocycles. The van der Waals surface area contributed by atoms with Crippen LogP contribution in [0.1, 0.15) is 32.1 Å². The van der Waals surface area contributed by atoms with Crippen molar-refractivity contribution in [1.29, 1.82) is 0 Å². The fourth-order valence-corrected chi connectivity index (χ4v) is 1.52. The molecule has 0 radical (unpaired) electrons. The molecule has 0 atom stereocenters. The molecule has 0 aliphatic heterocycles. The van der Waals surface area contributed by atoms with Crippen LogP contribution >= 0.6 is 0 Å². The Bertz CT molecular complexity index is 123. The highest BCUT2D eigenvalue weighted by atomic mass is 16.3. The van der Waals surface area contributed by atoms with Crippen LogP contribution in [-0.4, -0.2) is 46.9 Å². The van der Waals surface area contributed by atoms with Crippen LogP contribution in [-0.2, 0) is 0 Å². The zero-order chi connectivity index (χ0) is 10.9. The summed E-state index contributed by atoms with van der Waals surface area (Å²) in [5.41, 5.74) is -0.537. The monoisotopic (exact) mass is 206 g/mol. The Labute approximate surface area is 85.2 Å². The smallest absolute Gasteiger partial charge is 0.0510 e. The minimum atomic E-state index is -0.537. The van der Waals surface area contributed by atoms with Gasteiger partial charge in [-0.05, 0) is 19.3 Å². The molecule has 4 nitrogen and oxygen atoms in total. The second-order valence-corrected chi connectivity index (χ2v) is 3.82. The molecule has 0 saturated heterocycles. The van der Waals surface area contributed by atoms with E-state index in [0.717, 1.165) is 19.3 Å². The van der Waals surface area contributed by atoms with Gasteiger partial charge >= 0.3 is 0 Å². The molecule has 0 amide bonds. The first-order chi connectivity index (χ1) is 6.74. The molecular formula is C10H22O4. The normalized spacial score (nSPS) is 12.0. The lowest BCUT2D eigenvalue weighted by Gasteiger charge is -2.28. The van der Waals surface area contributed by atoms with Crippen molar-refractivity contribution in [1.82, 2.24) is 0 Å². The topological polar surface area (TPSA) is 80.9 Å². The van der Waals surface area contributed by atoms with Crippen LogP contribution < -0.4 is 0 Å². The van der Waals surface area contributed by atoms with Gasteiger partial charge < -0.3 is 20.4 Å². The molecule has 0 heterocycles. The Morgan fingerprint density at radius 2 is 1.29 bits per heavy atom. The third kappa shape index (κ3) is 4.91. The van der Waals surface area contributed by atoms with Gasteiger partial charge in [-0.2, -0.15) is 0 Å². The first-order valence-corrected chi connectivity index (χ1v) is 5.18. The molecule has 4 heteroatoms. The first-order valence-electron chi connectivity index (χ1n) is 5.18. The van der Waals surface area contributed by atoms with Gasteiger partial charge in [-0.1, -0.05) is 12.8 Å². The van der Waals surface area contributed by atoms with Gasteiger partial charge in [-0.25, -0.2) is 0 Å². The number of aliphatic hydroxyl groups is 4. The van der Waals surface area contributed by atoms with Gasteiger partial charge in [-0.3, -0.25) is 0 Å². The Morgan fingerprint density at radius 1 is 0.643 bits per heavy atom.